The Bertz CT molecular complexity index is 692. The van der Waals surface area contributed by atoms with E-state index in [0.717, 1.165) is 71.1 Å². The van der Waals surface area contributed by atoms with Crippen molar-refractivity contribution in [1.29, 1.82) is 0 Å². The van der Waals surface area contributed by atoms with Gasteiger partial charge in [-0.3, -0.25) is 9.59 Å². The number of hydrogen-bond acceptors (Lipinski definition) is 6. The molecule has 0 unspecified atom stereocenters. The van der Waals surface area contributed by atoms with Crippen LogP contribution in [0.2, 0.25) is 0 Å². The Kier molecular flexibility index (Phi) is 42.6. The Balaban J connectivity index is 3.77. The molecule has 0 radical (unpaired) electrons. The summed E-state index contributed by atoms with van der Waals surface area (Å²) in [6, 6.07) is 0. The maximum absolute atomic E-state index is 12.3. The smallest absolute Gasteiger partial charge is 0.305 e. The summed E-state index contributed by atoms with van der Waals surface area (Å²) in [4.78, 5) is 29.2. The van der Waals surface area contributed by atoms with E-state index in [1.54, 1.807) is 0 Å². The van der Waals surface area contributed by atoms with Crippen LogP contribution in [-0.2, 0) is 19.1 Å². The maximum Gasteiger partial charge on any atom is 0.305 e. The van der Waals surface area contributed by atoms with Crippen LogP contribution in [-0.4, -0.2) is 75.2 Å². The summed E-state index contributed by atoms with van der Waals surface area (Å²) in [5.74, 6) is -0.0836. The summed E-state index contributed by atoms with van der Waals surface area (Å²) >= 11 is 0. The summed E-state index contributed by atoms with van der Waals surface area (Å²) in [7, 11) is 4.22. The first-order chi connectivity index (χ1) is 26.0. The van der Waals surface area contributed by atoms with Crippen LogP contribution in [0.4, 0.5) is 0 Å². The highest BCUT2D eigenvalue weighted by molar-refractivity contribution is 5.69. The largest absolute Gasteiger partial charge is 0.466 e. The van der Waals surface area contributed by atoms with Gasteiger partial charge in [0.05, 0.1) is 13.2 Å². The van der Waals surface area contributed by atoms with Gasteiger partial charge in [0, 0.05) is 25.9 Å². The second-order valence-corrected chi connectivity index (χ2v) is 16.5. The van der Waals surface area contributed by atoms with Crippen molar-refractivity contribution in [3.8, 4) is 0 Å². The van der Waals surface area contributed by atoms with Gasteiger partial charge in [0.15, 0.2) is 0 Å². The molecular weight excluding hydrogens is 657 g/mol. The van der Waals surface area contributed by atoms with Crippen molar-refractivity contribution in [3.63, 3.8) is 0 Å². The van der Waals surface area contributed by atoms with E-state index in [4.69, 9.17) is 9.47 Å². The van der Waals surface area contributed by atoms with E-state index in [1.165, 1.54) is 167 Å². The number of hydrogen-bond donors (Lipinski definition) is 0. The van der Waals surface area contributed by atoms with Gasteiger partial charge in [0.1, 0.15) is 0 Å². The summed E-state index contributed by atoms with van der Waals surface area (Å²) in [5.41, 5.74) is 0. The molecule has 0 saturated carbocycles. The van der Waals surface area contributed by atoms with E-state index in [-0.39, 0.29) is 11.9 Å². The topological polar surface area (TPSA) is 59.1 Å². The average molecular weight is 751 g/mol. The lowest BCUT2D eigenvalue weighted by Gasteiger charge is -2.23. The third-order valence-corrected chi connectivity index (χ3v) is 10.8. The minimum atomic E-state index is -0.0418. The van der Waals surface area contributed by atoms with Gasteiger partial charge in [0.2, 0.25) is 0 Å². The van der Waals surface area contributed by atoms with E-state index in [2.05, 4.69) is 37.7 Å². The van der Waals surface area contributed by atoms with Crippen LogP contribution < -0.4 is 0 Å². The lowest BCUT2D eigenvalue weighted by molar-refractivity contribution is -0.144. The van der Waals surface area contributed by atoms with Gasteiger partial charge in [-0.15, -0.1) is 0 Å². The van der Waals surface area contributed by atoms with Crippen LogP contribution in [0.5, 0.6) is 0 Å². The molecule has 0 aromatic carbocycles. The van der Waals surface area contributed by atoms with E-state index in [9.17, 15) is 9.59 Å². The zero-order valence-corrected chi connectivity index (χ0v) is 36.5. The zero-order chi connectivity index (χ0) is 38.7. The lowest BCUT2D eigenvalue weighted by Crippen LogP contribution is -2.31. The molecule has 0 aliphatic carbocycles. The molecule has 6 heteroatoms. The number of nitrogens with zero attached hydrogens (tertiary/aromatic N) is 2. The molecule has 0 aliphatic rings. The molecule has 0 atom stereocenters. The fraction of sp³-hybridized carbons (Fsp3) is 0.957. The normalized spacial score (nSPS) is 11.6. The zero-order valence-electron chi connectivity index (χ0n) is 36.5. The van der Waals surface area contributed by atoms with Crippen molar-refractivity contribution < 1.29 is 19.1 Å². The highest BCUT2D eigenvalue weighted by Gasteiger charge is 2.09. The number of rotatable bonds is 44. The van der Waals surface area contributed by atoms with Crippen molar-refractivity contribution in [3.05, 3.63) is 0 Å². The van der Waals surface area contributed by atoms with Gasteiger partial charge in [0.25, 0.3) is 0 Å². The minimum Gasteiger partial charge on any atom is -0.466 e. The van der Waals surface area contributed by atoms with Crippen LogP contribution >= 0.6 is 0 Å². The van der Waals surface area contributed by atoms with Crippen molar-refractivity contribution in [1.82, 2.24) is 9.80 Å². The molecule has 316 valence electrons. The van der Waals surface area contributed by atoms with Crippen LogP contribution in [0.3, 0.4) is 0 Å². The molecule has 0 N–H and O–H groups in total. The average Bonchev–Trinajstić information content (AvgIpc) is 3.14. The first kappa shape index (κ1) is 51.9. The van der Waals surface area contributed by atoms with Crippen molar-refractivity contribution >= 4 is 11.9 Å². The Morgan fingerprint density at radius 2 is 0.604 bits per heavy atom. The maximum atomic E-state index is 12.3. The third kappa shape index (κ3) is 43.5. The Morgan fingerprint density at radius 1 is 0.340 bits per heavy atom. The number of unbranched alkanes of at least 4 members (excludes halogenated alkanes) is 28. The van der Waals surface area contributed by atoms with Gasteiger partial charge < -0.3 is 19.3 Å². The second kappa shape index (κ2) is 43.6. The Hall–Kier alpha value is -1.14. The second-order valence-electron chi connectivity index (χ2n) is 16.5. The summed E-state index contributed by atoms with van der Waals surface area (Å²) < 4.78 is 11.1. The molecule has 0 aliphatic heterocycles. The molecule has 0 spiro atoms. The van der Waals surface area contributed by atoms with Crippen molar-refractivity contribution in [2.24, 2.45) is 0 Å². The molecule has 0 heterocycles. The van der Waals surface area contributed by atoms with Gasteiger partial charge in [-0.1, -0.05) is 194 Å². The fourth-order valence-electron chi connectivity index (χ4n) is 7.32. The van der Waals surface area contributed by atoms with E-state index in [1.807, 2.05) is 0 Å². The number of carbonyl (C=O) groups is 2. The molecule has 0 saturated heterocycles. The Labute approximate surface area is 332 Å². The van der Waals surface area contributed by atoms with Gasteiger partial charge in [-0.2, -0.15) is 0 Å². The highest BCUT2D eigenvalue weighted by Crippen LogP contribution is 2.15. The fourth-order valence-corrected chi connectivity index (χ4v) is 7.32. The molecule has 0 fully saturated rings. The molecule has 0 aromatic heterocycles. The Morgan fingerprint density at radius 3 is 0.887 bits per heavy atom. The van der Waals surface area contributed by atoms with Crippen LogP contribution in [0.1, 0.15) is 239 Å². The van der Waals surface area contributed by atoms with E-state index >= 15 is 0 Å². The van der Waals surface area contributed by atoms with Crippen LogP contribution in [0, 0.1) is 0 Å². The van der Waals surface area contributed by atoms with Crippen LogP contribution in [0.25, 0.3) is 0 Å². The van der Waals surface area contributed by atoms with Gasteiger partial charge >= 0.3 is 11.9 Å². The monoisotopic (exact) mass is 751 g/mol. The van der Waals surface area contributed by atoms with E-state index in [0.29, 0.717) is 26.1 Å². The summed E-state index contributed by atoms with van der Waals surface area (Å²) in [5, 5.41) is 0. The quantitative estimate of drug-likeness (QED) is 0.0456. The van der Waals surface area contributed by atoms with Gasteiger partial charge in [-0.05, 0) is 59.3 Å². The molecule has 0 rings (SSSR count). The molecule has 0 amide bonds. The predicted molar refractivity (Wildman–Crippen MR) is 230 cm³/mol. The predicted octanol–water partition coefficient (Wildman–Crippen LogP) is 13.6. The van der Waals surface area contributed by atoms with E-state index < -0.39 is 0 Å². The SMILES string of the molecule is CCCCCCCCCCCCCCCCCC(=O)OCCCN(CCCOC(=O)CCCCCCCCCCCCCCCCC)CCCN(C)C. The first-order valence-corrected chi connectivity index (χ1v) is 23.7. The standard InChI is InChI=1S/C47H94N2O4/c1-5-7-9-11-13-15-17-19-21-23-25-27-29-31-33-38-46(50)52-44-36-42-49(41-35-40-48(3)4)43-37-45-53-47(51)39-34-32-30-28-26-24-22-20-18-16-14-12-10-8-6-2/h5-45H2,1-4H3. The molecule has 0 aromatic rings. The third-order valence-electron chi connectivity index (χ3n) is 10.8. The van der Waals surface area contributed by atoms with Crippen LogP contribution in [0.15, 0.2) is 0 Å². The molecular formula is C47H94N2O4. The highest BCUT2D eigenvalue weighted by atomic mass is 16.5. The molecule has 0 bridgehead atoms. The number of ether oxygens (including phenoxy) is 2. The number of carbonyl (C=O) groups excluding carboxylic acids is 2. The summed E-state index contributed by atoms with van der Waals surface area (Å²) in [6.07, 6.45) is 43.9. The van der Waals surface area contributed by atoms with Crippen molar-refractivity contribution in [2.75, 3.05) is 53.5 Å². The molecule has 53 heavy (non-hydrogen) atoms. The minimum absolute atomic E-state index is 0.0418. The number of esters is 2. The van der Waals surface area contributed by atoms with Crippen molar-refractivity contribution in [2.45, 2.75) is 239 Å². The van der Waals surface area contributed by atoms with Gasteiger partial charge in [-0.25, -0.2) is 0 Å². The lowest BCUT2D eigenvalue weighted by atomic mass is 10.0. The molecule has 6 nitrogen and oxygen atoms in total. The summed E-state index contributed by atoms with van der Waals surface area (Å²) in [6.45, 7) is 9.45. The first-order valence-electron chi connectivity index (χ1n) is 23.7.